The minimum absolute atomic E-state index is 0.592. The zero-order valence-corrected chi connectivity index (χ0v) is 17.8. The molecule has 1 N–H and O–H groups in total. The van der Waals surface area contributed by atoms with Crippen LogP contribution in [0, 0.1) is 18.6 Å². The highest BCUT2D eigenvalue weighted by Crippen LogP contribution is 2.24. The molecule has 0 unspecified atom stereocenters. The van der Waals surface area contributed by atoms with Gasteiger partial charge < -0.3 is 4.90 Å². The van der Waals surface area contributed by atoms with E-state index in [-0.39, 0.29) is 0 Å². The third-order valence-corrected chi connectivity index (χ3v) is 5.87. The van der Waals surface area contributed by atoms with E-state index >= 15 is 0 Å². The highest BCUT2D eigenvalue weighted by molar-refractivity contribution is 7.71. The third kappa shape index (κ3) is 4.66. The van der Waals surface area contributed by atoms with Gasteiger partial charge in [-0.15, -0.1) is 0 Å². The van der Waals surface area contributed by atoms with E-state index in [9.17, 15) is 0 Å². The van der Waals surface area contributed by atoms with Crippen molar-refractivity contribution in [1.82, 2.24) is 19.7 Å². The fraction of sp³-hybridized carbons (Fsp3) is 0.304. The molecule has 5 nitrogen and oxygen atoms in total. The highest BCUT2D eigenvalue weighted by Gasteiger charge is 2.19. The SMILES string of the molecule is Cc1cccc(N2CCN(Cn3[nH]c(/C=C/c4ccccc4)nc3=S)CC2)c1C. The quantitative estimate of drug-likeness (QED) is 0.634. The largest absolute Gasteiger partial charge is 0.369 e. The van der Waals surface area contributed by atoms with Crippen molar-refractivity contribution in [2.75, 3.05) is 31.1 Å². The fourth-order valence-electron chi connectivity index (χ4n) is 3.69. The van der Waals surface area contributed by atoms with Crippen LogP contribution in [0.3, 0.4) is 0 Å². The summed E-state index contributed by atoms with van der Waals surface area (Å²) in [6, 6.07) is 16.8. The number of nitrogens with zero attached hydrogens (tertiary/aromatic N) is 4. The van der Waals surface area contributed by atoms with Crippen LogP contribution in [0.15, 0.2) is 48.5 Å². The van der Waals surface area contributed by atoms with Crippen molar-refractivity contribution >= 4 is 30.1 Å². The lowest BCUT2D eigenvalue weighted by atomic mass is 10.1. The summed E-state index contributed by atoms with van der Waals surface area (Å²) in [5, 5.41) is 3.32. The summed E-state index contributed by atoms with van der Waals surface area (Å²) >= 11 is 5.45. The Morgan fingerprint density at radius 1 is 0.966 bits per heavy atom. The smallest absolute Gasteiger partial charge is 0.217 e. The lowest BCUT2D eigenvalue weighted by Crippen LogP contribution is -2.47. The summed E-state index contributed by atoms with van der Waals surface area (Å²) in [5.74, 6) is 0.785. The molecule has 2 heterocycles. The van der Waals surface area contributed by atoms with Gasteiger partial charge in [-0.1, -0.05) is 48.5 Å². The topological polar surface area (TPSA) is 40.1 Å². The third-order valence-electron chi connectivity index (χ3n) is 5.56. The van der Waals surface area contributed by atoms with Crippen LogP contribution in [0.5, 0.6) is 0 Å². The molecule has 0 bridgehead atoms. The van der Waals surface area contributed by atoms with E-state index in [1.165, 1.54) is 16.8 Å². The first-order valence-electron chi connectivity index (χ1n) is 10.0. The number of anilines is 1. The number of hydrogen-bond donors (Lipinski definition) is 1. The Kier molecular flexibility index (Phi) is 5.92. The molecule has 0 atom stereocenters. The van der Waals surface area contributed by atoms with E-state index in [1.54, 1.807) is 0 Å². The summed E-state index contributed by atoms with van der Waals surface area (Å²) in [4.78, 5) is 9.38. The standard InChI is InChI=1S/C23H27N5S/c1-18-7-6-10-21(19(18)2)27-15-13-26(14-16-27)17-28-23(29)24-22(25-28)12-11-20-8-4-3-5-9-20/h3-12H,13-17H2,1-2H3,(H,24,25,29)/b12-11+. The summed E-state index contributed by atoms with van der Waals surface area (Å²) in [5.41, 5.74) is 5.23. The summed E-state index contributed by atoms with van der Waals surface area (Å²) in [6.45, 7) is 9.18. The van der Waals surface area contributed by atoms with Gasteiger partial charge in [0.25, 0.3) is 0 Å². The number of hydrogen-bond acceptors (Lipinski definition) is 4. The molecular weight excluding hydrogens is 378 g/mol. The van der Waals surface area contributed by atoms with Gasteiger partial charge in [0.15, 0.2) is 0 Å². The number of H-pyrrole nitrogens is 1. The molecule has 1 fully saturated rings. The van der Waals surface area contributed by atoms with Gasteiger partial charge in [-0.25, -0.2) is 4.68 Å². The molecule has 1 aliphatic heterocycles. The van der Waals surface area contributed by atoms with Gasteiger partial charge >= 0.3 is 0 Å². The predicted octanol–water partition coefficient (Wildman–Crippen LogP) is 4.51. The van der Waals surface area contributed by atoms with Gasteiger partial charge in [-0.2, -0.15) is 4.98 Å². The normalized spacial score (nSPS) is 15.3. The summed E-state index contributed by atoms with van der Waals surface area (Å²) in [6.07, 6.45) is 4.01. The second-order valence-corrected chi connectivity index (χ2v) is 7.89. The molecule has 1 aliphatic rings. The molecule has 0 aliphatic carbocycles. The molecule has 0 saturated carbocycles. The molecule has 150 valence electrons. The van der Waals surface area contributed by atoms with E-state index in [4.69, 9.17) is 12.2 Å². The van der Waals surface area contributed by atoms with E-state index < -0.39 is 0 Å². The number of rotatable bonds is 5. The molecule has 0 radical (unpaired) electrons. The first-order valence-corrected chi connectivity index (χ1v) is 10.4. The molecule has 29 heavy (non-hydrogen) atoms. The monoisotopic (exact) mass is 405 g/mol. The van der Waals surface area contributed by atoms with Crippen LogP contribution in [0.4, 0.5) is 5.69 Å². The maximum absolute atomic E-state index is 5.45. The summed E-state index contributed by atoms with van der Waals surface area (Å²) < 4.78 is 2.54. The van der Waals surface area contributed by atoms with Crippen LogP contribution >= 0.6 is 12.2 Å². The maximum Gasteiger partial charge on any atom is 0.217 e. The van der Waals surface area contributed by atoms with Crippen molar-refractivity contribution < 1.29 is 0 Å². The number of aromatic amines is 1. The van der Waals surface area contributed by atoms with Crippen LogP contribution in [-0.4, -0.2) is 45.8 Å². The van der Waals surface area contributed by atoms with Crippen molar-refractivity contribution in [2.24, 2.45) is 0 Å². The van der Waals surface area contributed by atoms with Gasteiger partial charge in [-0.05, 0) is 54.9 Å². The second kappa shape index (κ2) is 8.76. The molecule has 3 aromatic rings. The van der Waals surface area contributed by atoms with Crippen LogP contribution < -0.4 is 4.90 Å². The van der Waals surface area contributed by atoms with E-state index in [0.717, 1.165) is 44.2 Å². The number of benzene rings is 2. The molecule has 1 saturated heterocycles. The first kappa shape index (κ1) is 19.6. The van der Waals surface area contributed by atoms with Crippen LogP contribution in [0.1, 0.15) is 22.5 Å². The Balaban J connectivity index is 1.37. The highest BCUT2D eigenvalue weighted by atomic mass is 32.1. The van der Waals surface area contributed by atoms with Crippen molar-refractivity contribution in [3.63, 3.8) is 0 Å². The molecule has 2 aromatic carbocycles. The van der Waals surface area contributed by atoms with Crippen LogP contribution in [0.25, 0.3) is 12.2 Å². The number of aryl methyl sites for hydroxylation is 1. The molecule has 1 aromatic heterocycles. The van der Waals surface area contributed by atoms with Crippen LogP contribution in [0.2, 0.25) is 0 Å². The molecule has 4 rings (SSSR count). The van der Waals surface area contributed by atoms with Gasteiger partial charge in [0, 0.05) is 31.9 Å². The number of aromatic nitrogens is 3. The average Bonchev–Trinajstić information content (AvgIpc) is 3.09. The van der Waals surface area contributed by atoms with Gasteiger partial charge in [0.1, 0.15) is 5.82 Å². The first-order chi connectivity index (χ1) is 14.1. The Labute approximate surface area is 177 Å². The van der Waals surface area contributed by atoms with Crippen LogP contribution in [-0.2, 0) is 6.67 Å². The minimum atomic E-state index is 0.592. The Hall–Kier alpha value is -2.70. The second-order valence-electron chi connectivity index (χ2n) is 7.53. The predicted molar refractivity (Wildman–Crippen MR) is 122 cm³/mol. The molecular formula is C23H27N5S. The van der Waals surface area contributed by atoms with Gasteiger partial charge in [0.2, 0.25) is 4.77 Å². The van der Waals surface area contributed by atoms with E-state index in [2.05, 4.69) is 64.1 Å². The molecule has 0 amide bonds. The minimum Gasteiger partial charge on any atom is -0.369 e. The van der Waals surface area contributed by atoms with E-state index in [0.29, 0.717) is 4.77 Å². The lowest BCUT2D eigenvalue weighted by molar-refractivity contribution is 0.194. The number of piperazine rings is 1. The zero-order chi connectivity index (χ0) is 20.2. The lowest BCUT2D eigenvalue weighted by Gasteiger charge is -2.36. The van der Waals surface area contributed by atoms with E-state index in [1.807, 2.05) is 35.0 Å². The van der Waals surface area contributed by atoms with Crippen molar-refractivity contribution in [2.45, 2.75) is 20.5 Å². The average molecular weight is 406 g/mol. The van der Waals surface area contributed by atoms with Crippen molar-refractivity contribution in [3.05, 3.63) is 75.8 Å². The zero-order valence-electron chi connectivity index (χ0n) is 17.0. The number of nitrogens with one attached hydrogen (secondary N) is 1. The molecule has 0 spiro atoms. The Morgan fingerprint density at radius 2 is 1.72 bits per heavy atom. The van der Waals surface area contributed by atoms with Crippen molar-refractivity contribution in [3.8, 4) is 0 Å². The fourth-order valence-corrected chi connectivity index (χ4v) is 3.89. The Bertz CT molecular complexity index is 1040. The van der Waals surface area contributed by atoms with Gasteiger partial charge in [-0.3, -0.25) is 10.00 Å². The summed E-state index contributed by atoms with van der Waals surface area (Å²) in [7, 11) is 0. The van der Waals surface area contributed by atoms with Crippen molar-refractivity contribution in [1.29, 1.82) is 0 Å². The van der Waals surface area contributed by atoms with Gasteiger partial charge in [0.05, 0.1) is 6.67 Å². The molecule has 6 heteroatoms. The maximum atomic E-state index is 5.45. The Morgan fingerprint density at radius 3 is 2.48 bits per heavy atom.